The van der Waals surface area contributed by atoms with Crippen molar-refractivity contribution in [3.8, 4) is 0 Å². The van der Waals surface area contributed by atoms with Crippen LogP contribution >= 0.6 is 11.8 Å². The van der Waals surface area contributed by atoms with Gasteiger partial charge in [-0.05, 0) is 50.1 Å². The molecule has 0 bridgehead atoms. The van der Waals surface area contributed by atoms with Crippen molar-refractivity contribution in [2.75, 3.05) is 18.9 Å². The van der Waals surface area contributed by atoms with Crippen LogP contribution in [0.1, 0.15) is 39.5 Å². The molecule has 0 saturated carbocycles. The lowest BCUT2D eigenvalue weighted by molar-refractivity contribution is 0.146. The first-order chi connectivity index (χ1) is 9.67. The van der Waals surface area contributed by atoms with Crippen molar-refractivity contribution >= 4 is 11.8 Å². The maximum Gasteiger partial charge on any atom is 0.136 e. The third kappa shape index (κ3) is 5.43. The summed E-state index contributed by atoms with van der Waals surface area (Å²) in [7, 11) is 0. The minimum absolute atomic E-state index is 0.148. The van der Waals surface area contributed by atoms with E-state index in [0.29, 0.717) is 4.90 Å². The molecule has 4 heteroatoms. The normalized spacial score (nSPS) is 14.2. The quantitative estimate of drug-likeness (QED) is 0.508. The van der Waals surface area contributed by atoms with Gasteiger partial charge in [0.15, 0.2) is 0 Å². The van der Waals surface area contributed by atoms with Crippen LogP contribution < -0.4 is 5.32 Å². The van der Waals surface area contributed by atoms with Gasteiger partial charge >= 0.3 is 0 Å². The van der Waals surface area contributed by atoms with Gasteiger partial charge in [-0.2, -0.15) is 0 Å². The Labute approximate surface area is 126 Å². The topological polar surface area (TPSA) is 32.3 Å². The Bertz CT molecular complexity index is 382. The standard InChI is InChI=1S/C16H26FNOS/c1-3-11-18-16(4-2,13-19)10-7-12-20-15-9-6-5-8-14(15)17/h5-6,8-9,18-19H,3-4,7,10-13H2,1-2H3. The van der Waals surface area contributed by atoms with Crippen LogP contribution in [0.3, 0.4) is 0 Å². The molecule has 1 rings (SSSR count). The fraction of sp³-hybridized carbons (Fsp3) is 0.625. The highest BCUT2D eigenvalue weighted by Gasteiger charge is 2.25. The SMILES string of the molecule is CCCNC(CC)(CO)CCCSc1ccccc1F. The summed E-state index contributed by atoms with van der Waals surface area (Å²) in [6.07, 6.45) is 3.85. The van der Waals surface area contributed by atoms with Crippen LogP contribution in [0.5, 0.6) is 0 Å². The molecule has 2 N–H and O–H groups in total. The van der Waals surface area contributed by atoms with E-state index >= 15 is 0 Å². The van der Waals surface area contributed by atoms with Gasteiger partial charge in [-0.3, -0.25) is 0 Å². The molecule has 0 aliphatic heterocycles. The van der Waals surface area contributed by atoms with E-state index in [1.807, 2.05) is 12.1 Å². The third-order valence-electron chi connectivity index (χ3n) is 3.62. The fourth-order valence-corrected chi connectivity index (χ4v) is 3.07. The van der Waals surface area contributed by atoms with Crippen LogP contribution in [0.25, 0.3) is 0 Å². The summed E-state index contributed by atoms with van der Waals surface area (Å²) in [5, 5.41) is 13.1. The Morgan fingerprint density at radius 3 is 2.65 bits per heavy atom. The van der Waals surface area contributed by atoms with Crippen molar-refractivity contribution in [2.24, 2.45) is 0 Å². The highest BCUT2D eigenvalue weighted by Crippen LogP contribution is 2.24. The monoisotopic (exact) mass is 299 g/mol. The first-order valence-corrected chi connectivity index (χ1v) is 8.39. The maximum atomic E-state index is 13.5. The van der Waals surface area contributed by atoms with Crippen LogP contribution in [0.2, 0.25) is 0 Å². The first kappa shape index (κ1) is 17.5. The van der Waals surface area contributed by atoms with E-state index < -0.39 is 0 Å². The molecule has 2 nitrogen and oxygen atoms in total. The number of rotatable bonds is 10. The number of nitrogens with one attached hydrogen (secondary N) is 1. The predicted octanol–water partition coefficient (Wildman–Crippen LogP) is 3.84. The van der Waals surface area contributed by atoms with Gasteiger partial charge in [-0.15, -0.1) is 11.8 Å². The number of aliphatic hydroxyl groups is 1. The van der Waals surface area contributed by atoms with Gasteiger partial charge in [0.25, 0.3) is 0 Å². The smallest absolute Gasteiger partial charge is 0.136 e. The summed E-state index contributed by atoms with van der Waals surface area (Å²) >= 11 is 1.55. The number of aliphatic hydroxyl groups excluding tert-OH is 1. The molecule has 1 atom stereocenters. The average molecular weight is 299 g/mol. The Morgan fingerprint density at radius 2 is 2.05 bits per heavy atom. The molecule has 0 saturated heterocycles. The van der Waals surface area contributed by atoms with E-state index in [4.69, 9.17) is 0 Å². The minimum atomic E-state index is -0.175. The Hall–Kier alpha value is -0.580. The van der Waals surface area contributed by atoms with Crippen LogP contribution in [-0.2, 0) is 0 Å². The molecule has 0 aromatic heterocycles. The number of hydrogen-bond acceptors (Lipinski definition) is 3. The van der Waals surface area contributed by atoms with Gasteiger partial charge in [0, 0.05) is 10.4 Å². The lowest BCUT2D eigenvalue weighted by Gasteiger charge is -2.32. The number of benzene rings is 1. The molecule has 20 heavy (non-hydrogen) atoms. The van der Waals surface area contributed by atoms with Gasteiger partial charge in [0.05, 0.1) is 6.61 Å². The molecule has 0 aliphatic rings. The van der Waals surface area contributed by atoms with E-state index in [0.717, 1.165) is 38.0 Å². The summed E-state index contributed by atoms with van der Waals surface area (Å²) in [6.45, 7) is 5.31. The van der Waals surface area contributed by atoms with Crippen molar-refractivity contribution in [3.63, 3.8) is 0 Å². The first-order valence-electron chi connectivity index (χ1n) is 7.40. The summed E-state index contributed by atoms with van der Waals surface area (Å²) in [6, 6.07) is 6.88. The van der Waals surface area contributed by atoms with E-state index in [2.05, 4.69) is 19.2 Å². The minimum Gasteiger partial charge on any atom is -0.394 e. The van der Waals surface area contributed by atoms with Gasteiger partial charge in [-0.25, -0.2) is 4.39 Å². The Kier molecular flexibility index (Phi) is 8.19. The summed E-state index contributed by atoms with van der Waals surface area (Å²) in [4.78, 5) is 0.708. The molecule has 0 radical (unpaired) electrons. The zero-order chi connectivity index (χ0) is 14.8. The van der Waals surface area contributed by atoms with Gasteiger partial charge in [0.1, 0.15) is 5.82 Å². The molecule has 0 fully saturated rings. The molecule has 1 aromatic carbocycles. The number of hydrogen-bond donors (Lipinski definition) is 2. The zero-order valence-corrected chi connectivity index (χ0v) is 13.3. The molecule has 0 spiro atoms. The van der Waals surface area contributed by atoms with E-state index in [9.17, 15) is 9.50 Å². The summed E-state index contributed by atoms with van der Waals surface area (Å²) in [5.41, 5.74) is -0.175. The number of halogens is 1. The van der Waals surface area contributed by atoms with Crippen molar-refractivity contribution in [1.29, 1.82) is 0 Å². The van der Waals surface area contributed by atoms with E-state index in [1.54, 1.807) is 17.8 Å². The highest BCUT2D eigenvalue weighted by atomic mass is 32.2. The Morgan fingerprint density at radius 1 is 1.30 bits per heavy atom. The van der Waals surface area contributed by atoms with Crippen LogP contribution in [-0.4, -0.2) is 29.5 Å². The molecular formula is C16H26FNOS. The van der Waals surface area contributed by atoms with E-state index in [1.165, 1.54) is 6.07 Å². The van der Waals surface area contributed by atoms with E-state index in [-0.39, 0.29) is 18.0 Å². The summed E-state index contributed by atoms with van der Waals surface area (Å²) < 4.78 is 13.5. The van der Waals surface area contributed by atoms with Crippen molar-refractivity contribution in [1.82, 2.24) is 5.32 Å². The fourth-order valence-electron chi connectivity index (χ4n) is 2.18. The second-order valence-corrected chi connectivity index (χ2v) is 6.24. The Balaban J connectivity index is 2.39. The predicted molar refractivity (Wildman–Crippen MR) is 84.8 cm³/mol. The highest BCUT2D eigenvalue weighted by molar-refractivity contribution is 7.99. The zero-order valence-electron chi connectivity index (χ0n) is 12.5. The molecule has 1 aromatic rings. The van der Waals surface area contributed by atoms with Gasteiger partial charge < -0.3 is 10.4 Å². The third-order valence-corrected chi connectivity index (χ3v) is 4.76. The van der Waals surface area contributed by atoms with Crippen LogP contribution in [0.15, 0.2) is 29.2 Å². The summed E-state index contributed by atoms with van der Waals surface area (Å²) in [5.74, 6) is 0.724. The molecule has 114 valence electrons. The average Bonchev–Trinajstić information content (AvgIpc) is 2.49. The van der Waals surface area contributed by atoms with Gasteiger partial charge in [-0.1, -0.05) is 26.0 Å². The lowest BCUT2D eigenvalue weighted by atomic mass is 9.91. The lowest BCUT2D eigenvalue weighted by Crippen LogP contribution is -2.48. The van der Waals surface area contributed by atoms with Crippen LogP contribution in [0, 0.1) is 5.82 Å². The molecule has 0 amide bonds. The molecule has 0 heterocycles. The van der Waals surface area contributed by atoms with Crippen molar-refractivity contribution < 1.29 is 9.50 Å². The maximum absolute atomic E-state index is 13.5. The van der Waals surface area contributed by atoms with Crippen molar-refractivity contribution in [3.05, 3.63) is 30.1 Å². The molecular weight excluding hydrogens is 273 g/mol. The molecule has 0 aliphatic carbocycles. The second-order valence-electron chi connectivity index (χ2n) is 5.10. The van der Waals surface area contributed by atoms with Crippen molar-refractivity contribution in [2.45, 2.75) is 50.0 Å². The van der Waals surface area contributed by atoms with Crippen LogP contribution in [0.4, 0.5) is 4.39 Å². The largest absolute Gasteiger partial charge is 0.394 e. The second kappa shape index (κ2) is 9.37. The molecule has 1 unspecified atom stereocenters. The van der Waals surface area contributed by atoms with Gasteiger partial charge in [0.2, 0.25) is 0 Å². The number of thioether (sulfide) groups is 1.